The van der Waals surface area contributed by atoms with E-state index in [2.05, 4.69) is 206 Å². The molecule has 11 aromatic rings. The van der Waals surface area contributed by atoms with Crippen LogP contribution in [0.25, 0.3) is 109 Å². The molecule has 0 radical (unpaired) electrons. The molecule has 0 nitrogen and oxygen atoms in total. The maximum Gasteiger partial charge on any atom is -0.00262 e. The third kappa shape index (κ3) is 4.85. The van der Waals surface area contributed by atoms with Gasteiger partial charge in [-0.2, -0.15) is 0 Å². The van der Waals surface area contributed by atoms with Crippen molar-refractivity contribution >= 4 is 64.6 Å². The SMILES string of the molecule is c1cc(-c2ccc3ccccc3c2)cc(-c2c3ccccc3c(-c3cccc(-c4ccc5c6ccccc6c6ccccc6c5c4)c3)c3ccccc23)c1. The first-order valence-corrected chi connectivity index (χ1v) is 18.8. The minimum Gasteiger partial charge on any atom is -0.0616 e. The molecule has 54 heavy (non-hydrogen) atoms. The molecule has 0 atom stereocenters. The van der Waals surface area contributed by atoms with Crippen molar-refractivity contribution in [2.45, 2.75) is 0 Å². The van der Waals surface area contributed by atoms with Crippen molar-refractivity contribution in [3.8, 4) is 44.5 Å². The van der Waals surface area contributed by atoms with Crippen molar-refractivity contribution in [2.75, 3.05) is 0 Å². The van der Waals surface area contributed by atoms with Gasteiger partial charge in [0, 0.05) is 0 Å². The fourth-order valence-electron chi connectivity index (χ4n) is 8.92. The first-order valence-electron chi connectivity index (χ1n) is 18.8. The Hall–Kier alpha value is -7.02. The van der Waals surface area contributed by atoms with E-state index in [1.165, 1.54) is 109 Å². The molecule has 250 valence electrons. The predicted molar refractivity (Wildman–Crippen MR) is 233 cm³/mol. The minimum absolute atomic E-state index is 1.21. The first kappa shape index (κ1) is 30.6. The fourth-order valence-corrected chi connectivity index (χ4v) is 8.92. The van der Waals surface area contributed by atoms with Crippen molar-refractivity contribution in [3.05, 3.63) is 206 Å². The Labute approximate surface area is 314 Å². The quantitative estimate of drug-likeness (QED) is 0.128. The van der Waals surface area contributed by atoms with Crippen LogP contribution in [0.4, 0.5) is 0 Å². The molecule has 0 aliphatic carbocycles. The lowest BCUT2D eigenvalue weighted by atomic mass is 9.85. The van der Waals surface area contributed by atoms with E-state index in [-0.39, 0.29) is 0 Å². The molecule has 0 aromatic heterocycles. The number of fused-ring (bicyclic) bond motifs is 9. The number of hydrogen-bond acceptors (Lipinski definition) is 0. The fraction of sp³-hybridized carbons (Fsp3) is 0. The maximum atomic E-state index is 2.39. The Bertz CT molecular complexity index is 3180. The summed E-state index contributed by atoms with van der Waals surface area (Å²) < 4.78 is 0. The lowest BCUT2D eigenvalue weighted by Crippen LogP contribution is -1.91. The molecular weight excluding hydrogens is 649 g/mol. The minimum atomic E-state index is 1.21. The van der Waals surface area contributed by atoms with Gasteiger partial charge < -0.3 is 0 Å². The van der Waals surface area contributed by atoms with E-state index >= 15 is 0 Å². The van der Waals surface area contributed by atoms with Gasteiger partial charge in [-0.25, -0.2) is 0 Å². The van der Waals surface area contributed by atoms with Crippen molar-refractivity contribution in [2.24, 2.45) is 0 Å². The summed E-state index contributed by atoms with van der Waals surface area (Å²) in [4.78, 5) is 0. The summed E-state index contributed by atoms with van der Waals surface area (Å²) in [6, 6.07) is 76.1. The summed E-state index contributed by atoms with van der Waals surface area (Å²) in [5.74, 6) is 0. The van der Waals surface area contributed by atoms with Crippen LogP contribution >= 0.6 is 0 Å². The molecule has 0 aliphatic heterocycles. The highest BCUT2D eigenvalue weighted by Crippen LogP contribution is 2.45. The van der Waals surface area contributed by atoms with Crippen molar-refractivity contribution < 1.29 is 0 Å². The molecule has 11 rings (SSSR count). The van der Waals surface area contributed by atoms with E-state index in [0.29, 0.717) is 0 Å². The number of benzene rings is 11. The molecule has 0 unspecified atom stereocenters. The maximum absolute atomic E-state index is 2.39. The van der Waals surface area contributed by atoms with Crippen LogP contribution in [0, 0.1) is 0 Å². The second-order valence-corrected chi connectivity index (χ2v) is 14.4. The van der Waals surface area contributed by atoms with E-state index in [4.69, 9.17) is 0 Å². The molecule has 0 fully saturated rings. The smallest absolute Gasteiger partial charge is 0.00262 e. The van der Waals surface area contributed by atoms with E-state index in [1.807, 2.05) is 0 Å². The van der Waals surface area contributed by atoms with E-state index in [1.54, 1.807) is 0 Å². The van der Waals surface area contributed by atoms with Crippen LogP contribution in [0.1, 0.15) is 0 Å². The highest BCUT2D eigenvalue weighted by molar-refractivity contribution is 6.26. The Balaban J connectivity index is 1.09. The Kier molecular flexibility index (Phi) is 6.97. The number of hydrogen-bond donors (Lipinski definition) is 0. The Morgan fingerprint density at radius 1 is 0.167 bits per heavy atom. The molecule has 0 spiro atoms. The van der Waals surface area contributed by atoms with E-state index in [9.17, 15) is 0 Å². The van der Waals surface area contributed by atoms with Gasteiger partial charge in [-0.1, -0.05) is 182 Å². The van der Waals surface area contributed by atoms with Gasteiger partial charge in [-0.05, 0) is 133 Å². The van der Waals surface area contributed by atoms with Crippen LogP contribution in [0.5, 0.6) is 0 Å². The molecule has 0 N–H and O–H groups in total. The summed E-state index contributed by atoms with van der Waals surface area (Å²) in [6.45, 7) is 0. The van der Waals surface area contributed by atoms with Gasteiger partial charge in [0.05, 0.1) is 0 Å². The number of rotatable bonds is 4. The van der Waals surface area contributed by atoms with E-state index in [0.717, 1.165) is 0 Å². The van der Waals surface area contributed by atoms with Crippen molar-refractivity contribution in [1.29, 1.82) is 0 Å². The monoisotopic (exact) mass is 682 g/mol. The largest absolute Gasteiger partial charge is 0.0616 e. The topological polar surface area (TPSA) is 0 Å². The van der Waals surface area contributed by atoms with E-state index < -0.39 is 0 Å². The molecule has 0 amide bonds. The van der Waals surface area contributed by atoms with Crippen LogP contribution < -0.4 is 0 Å². The van der Waals surface area contributed by atoms with Crippen LogP contribution in [0.3, 0.4) is 0 Å². The van der Waals surface area contributed by atoms with Crippen LogP contribution in [-0.2, 0) is 0 Å². The molecular formula is C54H34. The first-order chi connectivity index (χ1) is 26.8. The average Bonchev–Trinajstić information content (AvgIpc) is 3.25. The molecule has 0 bridgehead atoms. The predicted octanol–water partition coefficient (Wildman–Crippen LogP) is 15.3. The van der Waals surface area contributed by atoms with Gasteiger partial charge in [-0.3, -0.25) is 0 Å². The van der Waals surface area contributed by atoms with Crippen LogP contribution in [-0.4, -0.2) is 0 Å². The van der Waals surface area contributed by atoms with Gasteiger partial charge in [0.1, 0.15) is 0 Å². The molecule has 0 saturated carbocycles. The zero-order valence-electron chi connectivity index (χ0n) is 29.6. The van der Waals surface area contributed by atoms with Crippen LogP contribution in [0.2, 0.25) is 0 Å². The van der Waals surface area contributed by atoms with Crippen molar-refractivity contribution in [3.63, 3.8) is 0 Å². The summed E-state index contributed by atoms with van der Waals surface area (Å²) >= 11 is 0. The second-order valence-electron chi connectivity index (χ2n) is 14.4. The molecule has 0 heterocycles. The van der Waals surface area contributed by atoms with Gasteiger partial charge in [0.25, 0.3) is 0 Å². The third-order valence-corrected chi connectivity index (χ3v) is 11.4. The standard InChI is InChI=1S/C54H34/c1-2-14-36-31-39(28-27-35(36)13-1)37-15-11-17-41(32-37)53-48-23-7-9-25-50(48)54(51-26-10-8-24-49(51)53)42-18-12-16-38(33-42)40-29-30-47-45-21-4-3-19-43(45)44-20-5-6-22-46(44)52(47)34-40/h1-34H. The lowest BCUT2D eigenvalue weighted by molar-refractivity contribution is 1.62. The summed E-state index contributed by atoms with van der Waals surface area (Å²) in [6.07, 6.45) is 0. The van der Waals surface area contributed by atoms with Gasteiger partial charge in [0.15, 0.2) is 0 Å². The summed E-state index contributed by atoms with van der Waals surface area (Å²) in [7, 11) is 0. The Morgan fingerprint density at radius 3 is 1.04 bits per heavy atom. The summed E-state index contributed by atoms with van der Waals surface area (Å²) in [5.41, 5.74) is 9.88. The third-order valence-electron chi connectivity index (χ3n) is 11.4. The normalized spacial score (nSPS) is 11.7. The highest BCUT2D eigenvalue weighted by Gasteiger charge is 2.18. The Morgan fingerprint density at radius 2 is 0.519 bits per heavy atom. The van der Waals surface area contributed by atoms with Gasteiger partial charge in [0.2, 0.25) is 0 Å². The summed E-state index contributed by atoms with van der Waals surface area (Å²) in [5, 5.41) is 15.3. The lowest BCUT2D eigenvalue weighted by Gasteiger charge is -2.19. The molecule has 0 heteroatoms. The van der Waals surface area contributed by atoms with Crippen LogP contribution in [0.15, 0.2) is 206 Å². The zero-order chi connectivity index (χ0) is 35.6. The zero-order valence-corrected chi connectivity index (χ0v) is 29.6. The van der Waals surface area contributed by atoms with Gasteiger partial charge >= 0.3 is 0 Å². The molecule has 0 aliphatic rings. The highest BCUT2D eigenvalue weighted by atomic mass is 14.2. The molecule has 11 aromatic carbocycles. The van der Waals surface area contributed by atoms with Crippen molar-refractivity contribution in [1.82, 2.24) is 0 Å². The second kappa shape index (κ2) is 12.3. The average molecular weight is 683 g/mol. The molecule has 0 saturated heterocycles. The van der Waals surface area contributed by atoms with Gasteiger partial charge in [-0.15, -0.1) is 0 Å².